The van der Waals surface area contributed by atoms with Crippen LogP contribution >= 0.6 is 7.82 Å². The first kappa shape index (κ1) is 50.0. The molecule has 0 rings (SSSR count). The molecule has 0 aliphatic heterocycles. The molecule has 9 heteroatoms. The van der Waals surface area contributed by atoms with E-state index in [2.05, 4.69) is 67.0 Å². The first-order valence-corrected chi connectivity index (χ1v) is 22.5. The molecule has 1 unspecified atom stereocenters. The maximum atomic E-state index is 12.4. The number of allylic oxidation sites excluding steroid dienone is 8. The Balaban J connectivity index is 3.87. The SMILES string of the molecule is CC/C=C\C/C=C\C/C=C\C/C=C\CCCCCCCCCCCCC(=O)OC(COC(=O)CCCCCCCCCCCCC)COP(=O)(O)O. The Morgan fingerprint density at radius 3 is 1.38 bits per heavy atom. The summed E-state index contributed by atoms with van der Waals surface area (Å²) in [5.74, 6) is -0.888. The third kappa shape index (κ3) is 40.8. The summed E-state index contributed by atoms with van der Waals surface area (Å²) in [4.78, 5) is 42.8. The fraction of sp³-hybridized carbons (Fsp3) is 0.767. The normalized spacial score (nSPS) is 12.9. The number of ether oxygens (including phenoxy) is 2. The number of phosphoric acid groups is 1. The minimum absolute atomic E-state index is 0.207. The highest BCUT2D eigenvalue weighted by atomic mass is 31.2. The second kappa shape index (κ2) is 38.7. The zero-order valence-electron chi connectivity index (χ0n) is 33.2. The second-order valence-electron chi connectivity index (χ2n) is 13.9. The molecular weight excluding hydrogens is 675 g/mol. The molecule has 0 aromatic rings. The number of rotatable bonds is 38. The van der Waals surface area contributed by atoms with Gasteiger partial charge in [-0.05, 0) is 51.4 Å². The fourth-order valence-electron chi connectivity index (χ4n) is 5.78. The summed E-state index contributed by atoms with van der Waals surface area (Å²) in [7, 11) is -4.75. The van der Waals surface area contributed by atoms with Crippen LogP contribution in [0.5, 0.6) is 0 Å². The van der Waals surface area contributed by atoms with Gasteiger partial charge in [0.15, 0.2) is 6.10 Å². The van der Waals surface area contributed by atoms with Gasteiger partial charge in [0.05, 0.1) is 6.61 Å². The van der Waals surface area contributed by atoms with Crippen molar-refractivity contribution >= 4 is 19.8 Å². The Bertz CT molecular complexity index is 984. The highest BCUT2D eigenvalue weighted by molar-refractivity contribution is 7.46. The summed E-state index contributed by atoms with van der Waals surface area (Å²) in [6.07, 6.45) is 46.9. The molecule has 0 aromatic heterocycles. The van der Waals surface area contributed by atoms with Crippen molar-refractivity contribution in [2.24, 2.45) is 0 Å². The lowest BCUT2D eigenvalue weighted by Crippen LogP contribution is -2.29. The summed E-state index contributed by atoms with van der Waals surface area (Å²) in [6.45, 7) is 3.56. The molecule has 0 bridgehead atoms. The highest BCUT2D eigenvalue weighted by Crippen LogP contribution is 2.36. The molecule has 0 radical (unpaired) electrons. The Morgan fingerprint density at radius 2 is 0.923 bits per heavy atom. The van der Waals surface area contributed by atoms with Gasteiger partial charge < -0.3 is 19.3 Å². The van der Waals surface area contributed by atoms with Crippen LogP contribution in [0.2, 0.25) is 0 Å². The number of hydrogen-bond acceptors (Lipinski definition) is 6. The third-order valence-corrected chi connectivity index (χ3v) is 9.35. The molecule has 1 atom stereocenters. The van der Waals surface area contributed by atoms with Crippen molar-refractivity contribution in [3.63, 3.8) is 0 Å². The van der Waals surface area contributed by atoms with Crippen LogP contribution in [0.1, 0.15) is 194 Å². The number of carbonyl (C=O) groups excluding carboxylic acids is 2. The lowest BCUT2D eigenvalue weighted by atomic mass is 10.0. The molecule has 52 heavy (non-hydrogen) atoms. The van der Waals surface area contributed by atoms with E-state index in [1.807, 2.05) is 0 Å². The monoisotopic (exact) mass is 753 g/mol. The van der Waals surface area contributed by atoms with E-state index >= 15 is 0 Å². The van der Waals surface area contributed by atoms with Crippen molar-refractivity contribution < 1.29 is 37.9 Å². The number of unbranched alkanes of at least 4 members (excludes halogenated alkanes) is 20. The van der Waals surface area contributed by atoms with Crippen molar-refractivity contribution in [2.75, 3.05) is 13.2 Å². The van der Waals surface area contributed by atoms with E-state index in [-0.39, 0.29) is 19.4 Å². The van der Waals surface area contributed by atoms with Crippen LogP contribution in [0.4, 0.5) is 0 Å². The topological polar surface area (TPSA) is 119 Å². The van der Waals surface area contributed by atoms with Crippen LogP contribution in [-0.2, 0) is 28.2 Å². The van der Waals surface area contributed by atoms with E-state index in [1.54, 1.807) is 0 Å². The molecule has 0 spiro atoms. The zero-order valence-corrected chi connectivity index (χ0v) is 34.1. The van der Waals surface area contributed by atoms with Crippen molar-refractivity contribution in [1.82, 2.24) is 0 Å². The first-order valence-electron chi connectivity index (χ1n) is 20.9. The fourth-order valence-corrected chi connectivity index (χ4v) is 6.14. The van der Waals surface area contributed by atoms with Crippen LogP contribution < -0.4 is 0 Å². The summed E-state index contributed by atoms with van der Waals surface area (Å²) < 4.78 is 26.4. The van der Waals surface area contributed by atoms with Gasteiger partial charge in [-0.15, -0.1) is 0 Å². The van der Waals surface area contributed by atoms with Gasteiger partial charge in [-0.1, -0.05) is 178 Å². The summed E-state index contributed by atoms with van der Waals surface area (Å²) in [5, 5.41) is 0. The van der Waals surface area contributed by atoms with Crippen molar-refractivity contribution in [1.29, 1.82) is 0 Å². The molecular formula is C43H77O8P. The smallest absolute Gasteiger partial charge is 0.462 e. The summed E-state index contributed by atoms with van der Waals surface area (Å²) in [6, 6.07) is 0. The molecule has 302 valence electrons. The maximum Gasteiger partial charge on any atom is 0.469 e. The number of phosphoric ester groups is 1. The third-order valence-electron chi connectivity index (χ3n) is 8.86. The van der Waals surface area contributed by atoms with Crippen LogP contribution in [0.3, 0.4) is 0 Å². The lowest BCUT2D eigenvalue weighted by molar-refractivity contribution is -0.161. The second-order valence-corrected chi connectivity index (χ2v) is 15.2. The molecule has 0 heterocycles. The van der Waals surface area contributed by atoms with Crippen LogP contribution in [0, 0.1) is 0 Å². The van der Waals surface area contributed by atoms with Crippen molar-refractivity contribution in [3.8, 4) is 0 Å². The zero-order chi connectivity index (χ0) is 38.2. The minimum atomic E-state index is -4.75. The van der Waals surface area contributed by atoms with Gasteiger partial charge in [0, 0.05) is 12.8 Å². The first-order chi connectivity index (χ1) is 25.3. The molecule has 0 saturated carbocycles. The van der Waals surface area contributed by atoms with Gasteiger partial charge >= 0.3 is 19.8 Å². The van der Waals surface area contributed by atoms with Crippen molar-refractivity contribution in [3.05, 3.63) is 48.6 Å². The summed E-state index contributed by atoms with van der Waals surface area (Å²) in [5.41, 5.74) is 0. The Kier molecular flexibility index (Phi) is 37.2. The van der Waals surface area contributed by atoms with E-state index in [9.17, 15) is 14.2 Å². The molecule has 0 fully saturated rings. The lowest BCUT2D eigenvalue weighted by Gasteiger charge is -2.18. The molecule has 2 N–H and O–H groups in total. The average molecular weight is 753 g/mol. The van der Waals surface area contributed by atoms with Gasteiger partial charge in [-0.25, -0.2) is 4.57 Å². The van der Waals surface area contributed by atoms with Crippen molar-refractivity contribution in [2.45, 2.75) is 200 Å². The van der Waals surface area contributed by atoms with Gasteiger partial charge in [0.1, 0.15) is 6.61 Å². The largest absolute Gasteiger partial charge is 0.469 e. The molecule has 0 aromatic carbocycles. The van der Waals surface area contributed by atoms with Crippen LogP contribution in [0.15, 0.2) is 48.6 Å². The van der Waals surface area contributed by atoms with E-state index in [0.29, 0.717) is 6.42 Å². The standard InChI is InChI=1S/C43H77O8P/c1-3-5-7-9-11-13-15-16-17-18-19-20-21-22-23-24-25-26-28-30-32-34-36-38-43(45)51-41(40-50-52(46,47)48)39-49-42(44)37-35-33-31-29-27-14-12-10-8-6-4-2/h5,7,11,13,16-17,19-20,41H,3-4,6,8-10,12,14-15,18,21-40H2,1-2H3,(H2,46,47,48)/b7-5-,13-11-,17-16-,20-19-. The maximum absolute atomic E-state index is 12.4. The molecule has 0 aliphatic rings. The van der Waals surface area contributed by atoms with Gasteiger partial charge in [-0.2, -0.15) is 0 Å². The number of esters is 2. The van der Waals surface area contributed by atoms with Gasteiger partial charge in [0.25, 0.3) is 0 Å². The number of hydrogen-bond donors (Lipinski definition) is 2. The highest BCUT2D eigenvalue weighted by Gasteiger charge is 2.22. The predicted molar refractivity (Wildman–Crippen MR) is 216 cm³/mol. The van der Waals surface area contributed by atoms with E-state index < -0.39 is 32.5 Å². The predicted octanol–water partition coefficient (Wildman–Crippen LogP) is 12.7. The number of carbonyl (C=O) groups is 2. The van der Waals surface area contributed by atoms with Gasteiger partial charge in [-0.3, -0.25) is 14.1 Å². The van der Waals surface area contributed by atoms with Gasteiger partial charge in [0.2, 0.25) is 0 Å². The van der Waals surface area contributed by atoms with Crippen LogP contribution in [0.25, 0.3) is 0 Å². The molecule has 0 amide bonds. The van der Waals surface area contributed by atoms with Crippen LogP contribution in [-0.4, -0.2) is 41.0 Å². The van der Waals surface area contributed by atoms with E-state index in [4.69, 9.17) is 19.3 Å². The quantitative estimate of drug-likeness (QED) is 0.0277. The Morgan fingerprint density at radius 1 is 0.519 bits per heavy atom. The molecule has 8 nitrogen and oxygen atoms in total. The summed E-state index contributed by atoms with van der Waals surface area (Å²) >= 11 is 0. The Hall–Kier alpha value is -1.99. The molecule has 0 aliphatic carbocycles. The molecule has 0 saturated heterocycles. The Labute approximate surface area is 318 Å². The van der Waals surface area contributed by atoms with E-state index in [0.717, 1.165) is 70.6 Å². The average Bonchev–Trinajstić information content (AvgIpc) is 3.11. The minimum Gasteiger partial charge on any atom is -0.462 e. The van der Waals surface area contributed by atoms with E-state index in [1.165, 1.54) is 89.9 Å².